The van der Waals surface area contributed by atoms with E-state index in [1.807, 2.05) is 4.98 Å². The van der Waals surface area contributed by atoms with E-state index < -0.39 is 53.8 Å². The summed E-state index contributed by atoms with van der Waals surface area (Å²) < 4.78 is 6.41. The SMILES string of the molecule is N[C@@H](CC[C@H](N)[C@H]1O[C@@H](n2ccc(=O)[nH]c2=O)[C@H](O)[C@@H]1O)C(=O)O. The van der Waals surface area contributed by atoms with Gasteiger partial charge in [0.1, 0.15) is 24.4 Å². The third kappa shape index (κ3) is 3.71. The molecule has 0 saturated carbocycles. The maximum absolute atomic E-state index is 11.8. The molecule has 1 fully saturated rings. The highest BCUT2D eigenvalue weighted by molar-refractivity contribution is 5.72. The highest BCUT2D eigenvalue weighted by Crippen LogP contribution is 2.30. The van der Waals surface area contributed by atoms with Crippen molar-refractivity contribution < 1.29 is 24.9 Å². The van der Waals surface area contributed by atoms with Crippen molar-refractivity contribution in [2.75, 3.05) is 0 Å². The van der Waals surface area contributed by atoms with Crippen LogP contribution in [-0.4, -0.2) is 61.2 Å². The largest absolute Gasteiger partial charge is 0.480 e. The second-order valence-electron chi connectivity index (χ2n) is 5.68. The van der Waals surface area contributed by atoms with E-state index in [2.05, 4.69) is 0 Å². The van der Waals surface area contributed by atoms with Gasteiger partial charge in [-0.05, 0) is 12.8 Å². The van der Waals surface area contributed by atoms with Gasteiger partial charge in [-0.25, -0.2) is 4.79 Å². The fourth-order valence-electron chi connectivity index (χ4n) is 2.56. The molecule has 0 radical (unpaired) electrons. The summed E-state index contributed by atoms with van der Waals surface area (Å²) in [5, 5.41) is 28.9. The number of aliphatic hydroxyl groups excluding tert-OH is 2. The Kier molecular flexibility index (Phi) is 5.51. The van der Waals surface area contributed by atoms with Gasteiger partial charge in [0.15, 0.2) is 6.23 Å². The minimum absolute atomic E-state index is 0.0580. The molecule has 6 atom stereocenters. The van der Waals surface area contributed by atoms with Crippen LogP contribution in [0.2, 0.25) is 0 Å². The average Bonchev–Trinajstić information content (AvgIpc) is 2.81. The van der Waals surface area contributed by atoms with Gasteiger partial charge in [0.25, 0.3) is 5.56 Å². The Bertz CT molecular complexity index is 702. The molecule has 134 valence electrons. The minimum atomic E-state index is -1.45. The molecule has 1 aromatic rings. The first-order chi connectivity index (χ1) is 11.2. The standard InChI is InChI=1S/C13H20N4O7/c14-5(1-2-6(15)12(21)22)10-8(19)9(20)11(24-10)17-4-3-7(18)16-13(17)23/h3-6,8-11,19-20H,1-2,14-15H2,(H,21,22)(H,16,18,23)/t5-,6-,8-,9+,10+,11+/m0/s1. The van der Waals surface area contributed by atoms with E-state index in [0.29, 0.717) is 0 Å². The van der Waals surface area contributed by atoms with Gasteiger partial charge in [0.2, 0.25) is 0 Å². The van der Waals surface area contributed by atoms with E-state index in [1.54, 1.807) is 0 Å². The topological polar surface area (TPSA) is 194 Å². The normalized spacial score (nSPS) is 29.3. The lowest BCUT2D eigenvalue weighted by Gasteiger charge is -2.22. The number of aromatic amines is 1. The molecule has 0 aromatic carbocycles. The summed E-state index contributed by atoms with van der Waals surface area (Å²) in [4.78, 5) is 35.6. The Balaban J connectivity index is 2.10. The summed E-state index contributed by atoms with van der Waals surface area (Å²) in [6.45, 7) is 0. The zero-order valence-corrected chi connectivity index (χ0v) is 12.6. The first-order valence-corrected chi connectivity index (χ1v) is 7.29. The number of ether oxygens (including phenoxy) is 1. The van der Waals surface area contributed by atoms with Crippen LogP contribution in [0.3, 0.4) is 0 Å². The molecular formula is C13H20N4O7. The summed E-state index contributed by atoms with van der Waals surface area (Å²) >= 11 is 0. The van der Waals surface area contributed by atoms with Gasteiger partial charge < -0.3 is 31.5 Å². The number of aromatic nitrogens is 2. The number of hydrogen-bond acceptors (Lipinski definition) is 8. The molecule has 1 aliphatic heterocycles. The van der Waals surface area contributed by atoms with E-state index in [1.165, 1.54) is 0 Å². The number of rotatable bonds is 6. The van der Waals surface area contributed by atoms with E-state index >= 15 is 0 Å². The van der Waals surface area contributed by atoms with Gasteiger partial charge in [-0.1, -0.05) is 0 Å². The van der Waals surface area contributed by atoms with Crippen LogP contribution in [0, 0.1) is 0 Å². The number of nitrogens with zero attached hydrogens (tertiary/aromatic N) is 1. The Hall–Kier alpha value is -2.05. The lowest BCUT2D eigenvalue weighted by atomic mass is 9.98. The zero-order chi connectivity index (χ0) is 18.0. The molecule has 0 amide bonds. The Labute approximate surface area is 135 Å². The maximum Gasteiger partial charge on any atom is 0.330 e. The van der Waals surface area contributed by atoms with E-state index in [9.17, 15) is 24.6 Å². The molecule has 24 heavy (non-hydrogen) atoms. The first kappa shape index (κ1) is 18.3. The number of carbonyl (C=O) groups is 1. The van der Waals surface area contributed by atoms with Crippen LogP contribution in [0.5, 0.6) is 0 Å². The summed E-state index contributed by atoms with van der Waals surface area (Å²) in [5.41, 5.74) is 9.87. The number of carboxylic acid groups (broad SMARTS) is 1. The molecular weight excluding hydrogens is 324 g/mol. The maximum atomic E-state index is 11.8. The summed E-state index contributed by atoms with van der Waals surface area (Å²) in [6.07, 6.45) is -3.76. The van der Waals surface area contributed by atoms with Crippen molar-refractivity contribution >= 4 is 5.97 Å². The highest BCUT2D eigenvalue weighted by atomic mass is 16.6. The average molecular weight is 344 g/mol. The molecule has 0 spiro atoms. The number of hydrogen-bond donors (Lipinski definition) is 6. The van der Waals surface area contributed by atoms with Crippen molar-refractivity contribution in [1.29, 1.82) is 0 Å². The van der Waals surface area contributed by atoms with Crippen LogP contribution in [-0.2, 0) is 9.53 Å². The van der Waals surface area contributed by atoms with Crippen LogP contribution in [0.15, 0.2) is 21.9 Å². The molecule has 1 saturated heterocycles. The number of H-pyrrole nitrogens is 1. The van der Waals surface area contributed by atoms with Gasteiger partial charge in [0, 0.05) is 18.3 Å². The van der Waals surface area contributed by atoms with Crippen LogP contribution in [0.25, 0.3) is 0 Å². The van der Waals surface area contributed by atoms with Gasteiger partial charge in [-0.3, -0.25) is 19.1 Å². The number of carboxylic acids is 1. The second-order valence-corrected chi connectivity index (χ2v) is 5.68. The van der Waals surface area contributed by atoms with Crippen molar-refractivity contribution in [2.24, 2.45) is 11.5 Å². The van der Waals surface area contributed by atoms with Gasteiger partial charge in [-0.15, -0.1) is 0 Å². The Morgan fingerprint density at radius 1 is 1.29 bits per heavy atom. The highest BCUT2D eigenvalue weighted by Gasteiger charge is 2.46. The third-order valence-electron chi connectivity index (χ3n) is 3.95. The smallest absolute Gasteiger partial charge is 0.330 e. The van der Waals surface area contributed by atoms with Gasteiger partial charge in [-0.2, -0.15) is 0 Å². The molecule has 1 aliphatic rings. The number of aliphatic carboxylic acids is 1. The number of aliphatic hydroxyl groups is 2. The third-order valence-corrected chi connectivity index (χ3v) is 3.95. The fraction of sp³-hybridized carbons (Fsp3) is 0.615. The molecule has 0 unspecified atom stereocenters. The predicted octanol–water partition coefficient (Wildman–Crippen LogP) is -3.32. The molecule has 0 aliphatic carbocycles. The molecule has 1 aromatic heterocycles. The molecule has 8 N–H and O–H groups in total. The monoisotopic (exact) mass is 344 g/mol. The van der Waals surface area contributed by atoms with Crippen molar-refractivity contribution in [1.82, 2.24) is 9.55 Å². The summed E-state index contributed by atoms with van der Waals surface area (Å²) in [5.74, 6) is -1.17. The van der Waals surface area contributed by atoms with Crippen LogP contribution >= 0.6 is 0 Å². The Morgan fingerprint density at radius 3 is 2.54 bits per heavy atom. The second kappa shape index (κ2) is 7.23. The van der Waals surface area contributed by atoms with Gasteiger partial charge >= 0.3 is 11.7 Å². The molecule has 11 heteroatoms. The summed E-state index contributed by atoms with van der Waals surface area (Å²) in [7, 11) is 0. The van der Waals surface area contributed by atoms with E-state index in [4.69, 9.17) is 21.3 Å². The van der Waals surface area contributed by atoms with Crippen LogP contribution in [0.1, 0.15) is 19.1 Å². The number of nitrogens with two attached hydrogens (primary N) is 2. The zero-order valence-electron chi connectivity index (χ0n) is 12.6. The molecule has 2 heterocycles. The lowest BCUT2D eigenvalue weighted by molar-refractivity contribution is -0.138. The fourth-order valence-corrected chi connectivity index (χ4v) is 2.56. The first-order valence-electron chi connectivity index (χ1n) is 7.29. The number of nitrogens with one attached hydrogen (secondary N) is 1. The predicted molar refractivity (Wildman–Crippen MR) is 80.1 cm³/mol. The lowest BCUT2D eigenvalue weighted by Crippen LogP contribution is -2.44. The van der Waals surface area contributed by atoms with Crippen molar-refractivity contribution in [3.63, 3.8) is 0 Å². The van der Waals surface area contributed by atoms with Gasteiger partial charge in [0.05, 0.1) is 0 Å². The van der Waals surface area contributed by atoms with E-state index in [-0.39, 0.29) is 12.8 Å². The van der Waals surface area contributed by atoms with E-state index in [0.717, 1.165) is 16.8 Å². The molecule has 0 bridgehead atoms. The minimum Gasteiger partial charge on any atom is -0.480 e. The van der Waals surface area contributed by atoms with Crippen LogP contribution in [0.4, 0.5) is 0 Å². The van der Waals surface area contributed by atoms with Crippen molar-refractivity contribution in [3.8, 4) is 0 Å². The summed E-state index contributed by atoms with van der Waals surface area (Å²) in [6, 6.07) is -0.830. The quantitative estimate of drug-likeness (QED) is 0.306. The van der Waals surface area contributed by atoms with Crippen LogP contribution < -0.4 is 22.7 Å². The van der Waals surface area contributed by atoms with Crippen molar-refractivity contribution in [2.45, 2.75) is 49.5 Å². The Morgan fingerprint density at radius 2 is 1.96 bits per heavy atom. The van der Waals surface area contributed by atoms with Crippen molar-refractivity contribution in [3.05, 3.63) is 33.1 Å². The molecule has 2 rings (SSSR count). The molecule has 11 nitrogen and oxygen atoms in total.